The smallest absolute Gasteiger partial charge is 0.262 e. The van der Waals surface area contributed by atoms with Gasteiger partial charge in [0.25, 0.3) is 5.56 Å². The fraction of sp³-hybridized carbons (Fsp3) is 0.333. The average molecular weight is 290 g/mol. The van der Waals surface area contributed by atoms with Crippen molar-refractivity contribution >= 4 is 0 Å². The normalized spacial score (nSPS) is 16.5. The van der Waals surface area contributed by atoms with Gasteiger partial charge in [-0.05, 0) is 25.3 Å². The van der Waals surface area contributed by atoms with E-state index in [4.69, 9.17) is 4.74 Å². The summed E-state index contributed by atoms with van der Waals surface area (Å²) in [5, 5.41) is 10.1. The maximum absolute atomic E-state index is 13.8. The number of hydrogen-bond donors (Lipinski definition) is 2. The number of nitrogens with zero attached hydrogens (tertiary/aromatic N) is 1. The molecule has 0 spiro atoms. The third-order valence-corrected chi connectivity index (χ3v) is 4.03. The third-order valence-electron chi connectivity index (χ3n) is 4.03. The molecule has 1 aliphatic carbocycles. The van der Waals surface area contributed by atoms with E-state index in [-0.39, 0.29) is 11.1 Å². The Bertz CT molecular complexity index is 732. The van der Waals surface area contributed by atoms with Gasteiger partial charge in [0.15, 0.2) is 0 Å². The van der Waals surface area contributed by atoms with Gasteiger partial charge in [0.05, 0.1) is 0 Å². The van der Waals surface area contributed by atoms with Crippen LogP contribution in [0.3, 0.4) is 0 Å². The van der Waals surface area contributed by atoms with Crippen LogP contribution in [0.25, 0.3) is 11.1 Å². The standard InChI is InChI=1S/C15H15FN2O3/c1-21-15(7-4-8-15)14-17-12(19)11(13(20)18-14)9-5-2-3-6-10(9)16/h2-3,5-6H,4,7-8H2,1H3,(H2,17,18,19,20). The van der Waals surface area contributed by atoms with Gasteiger partial charge in [-0.25, -0.2) is 4.39 Å². The number of nitrogens with one attached hydrogen (secondary N) is 1. The molecule has 0 aliphatic heterocycles. The average Bonchev–Trinajstić information content (AvgIpc) is 2.39. The van der Waals surface area contributed by atoms with E-state index in [0.717, 1.165) is 19.3 Å². The second kappa shape index (κ2) is 4.96. The lowest BCUT2D eigenvalue weighted by molar-refractivity contribution is -0.0850. The third kappa shape index (κ3) is 2.12. The van der Waals surface area contributed by atoms with Gasteiger partial charge < -0.3 is 14.8 Å². The number of aromatic nitrogens is 2. The second-order valence-electron chi connectivity index (χ2n) is 5.14. The van der Waals surface area contributed by atoms with Crippen LogP contribution in [0.1, 0.15) is 25.1 Å². The van der Waals surface area contributed by atoms with E-state index in [9.17, 15) is 14.3 Å². The number of ether oxygens (including phenoxy) is 1. The van der Waals surface area contributed by atoms with E-state index in [1.165, 1.54) is 18.2 Å². The van der Waals surface area contributed by atoms with Crippen molar-refractivity contribution in [1.82, 2.24) is 9.97 Å². The van der Waals surface area contributed by atoms with Crippen LogP contribution in [-0.4, -0.2) is 22.2 Å². The number of hydrogen-bond acceptors (Lipinski definition) is 4. The van der Waals surface area contributed by atoms with Crippen molar-refractivity contribution in [2.75, 3.05) is 7.11 Å². The van der Waals surface area contributed by atoms with E-state index in [1.54, 1.807) is 13.2 Å². The van der Waals surface area contributed by atoms with Gasteiger partial charge in [-0.1, -0.05) is 18.2 Å². The molecule has 1 fully saturated rings. The molecular weight excluding hydrogens is 275 g/mol. The highest BCUT2D eigenvalue weighted by atomic mass is 19.1. The van der Waals surface area contributed by atoms with Crippen LogP contribution >= 0.6 is 0 Å². The van der Waals surface area contributed by atoms with E-state index in [1.807, 2.05) is 0 Å². The number of benzene rings is 1. The largest absolute Gasteiger partial charge is 0.493 e. The molecule has 1 aliphatic rings. The van der Waals surface area contributed by atoms with Crippen LogP contribution in [0.5, 0.6) is 5.88 Å². The molecule has 3 rings (SSSR count). The van der Waals surface area contributed by atoms with Gasteiger partial charge in [-0.3, -0.25) is 4.79 Å². The lowest BCUT2D eigenvalue weighted by Gasteiger charge is -2.39. The molecule has 110 valence electrons. The molecule has 2 N–H and O–H groups in total. The van der Waals surface area contributed by atoms with E-state index >= 15 is 0 Å². The fourth-order valence-electron chi connectivity index (χ4n) is 2.62. The van der Waals surface area contributed by atoms with Crippen molar-refractivity contribution in [3.8, 4) is 17.0 Å². The minimum absolute atomic E-state index is 0.0235. The Labute approximate surface area is 120 Å². The summed E-state index contributed by atoms with van der Waals surface area (Å²) in [5.74, 6) is -0.779. The molecule has 0 atom stereocenters. The van der Waals surface area contributed by atoms with Crippen molar-refractivity contribution < 1.29 is 14.2 Å². The lowest BCUT2D eigenvalue weighted by atomic mass is 9.79. The van der Waals surface area contributed by atoms with Crippen LogP contribution in [0, 0.1) is 5.82 Å². The first-order valence-corrected chi connectivity index (χ1v) is 6.71. The summed E-state index contributed by atoms with van der Waals surface area (Å²) in [6.07, 6.45) is 2.42. The maximum atomic E-state index is 13.8. The SMILES string of the molecule is COC1(c2nc(O)c(-c3ccccc3F)c(=O)[nH]2)CCC1. The molecule has 6 heteroatoms. The summed E-state index contributed by atoms with van der Waals surface area (Å²) < 4.78 is 19.2. The predicted octanol–water partition coefficient (Wildman–Crippen LogP) is 2.31. The molecule has 1 aromatic carbocycles. The highest BCUT2D eigenvalue weighted by molar-refractivity contribution is 5.67. The Morgan fingerprint density at radius 1 is 1.38 bits per heavy atom. The Hall–Kier alpha value is -2.21. The van der Waals surface area contributed by atoms with Gasteiger partial charge in [-0.2, -0.15) is 4.98 Å². The molecule has 1 aromatic heterocycles. The number of aromatic hydroxyl groups is 1. The van der Waals surface area contributed by atoms with Gasteiger partial charge in [0.1, 0.15) is 22.8 Å². The summed E-state index contributed by atoms with van der Waals surface area (Å²) in [5.41, 5.74) is -1.37. The van der Waals surface area contributed by atoms with E-state index in [0.29, 0.717) is 5.82 Å². The number of methoxy groups -OCH3 is 1. The summed E-state index contributed by atoms with van der Waals surface area (Å²) >= 11 is 0. The van der Waals surface area contributed by atoms with Gasteiger partial charge >= 0.3 is 0 Å². The number of H-pyrrole nitrogens is 1. The molecule has 0 saturated heterocycles. The topological polar surface area (TPSA) is 75.2 Å². The molecule has 1 saturated carbocycles. The summed E-state index contributed by atoms with van der Waals surface area (Å²) in [4.78, 5) is 18.9. The fourth-order valence-corrected chi connectivity index (χ4v) is 2.62. The van der Waals surface area contributed by atoms with Gasteiger partial charge in [-0.15, -0.1) is 0 Å². The molecule has 0 unspecified atom stereocenters. The maximum Gasteiger partial charge on any atom is 0.262 e. The molecule has 0 amide bonds. The highest BCUT2D eigenvalue weighted by Crippen LogP contribution is 2.43. The zero-order valence-electron chi connectivity index (χ0n) is 11.5. The van der Waals surface area contributed by atoms with Gasteiger partial charge in [0.2, 0.25) is 5.88 Å². The van der Waals surface area contributed by atoms with E-state index in [2.05, 4.69) is 9.97 Å². The quantitative estimate of drug-likeness (QED) is 0.909. The van der Waals surface area contributed by atoms with Crippen molar-refractivity contribution in [2.24, 2.45) is 0 Å². The first-order chi connectivity index (χ1) is 10.1. The van der Waals surface area contributed by atoms with Crippen LogP contribution in [-0.2, 0) is 10.3 Å². The Morgan fingerprint density at radius 3 is 2.62 bits per heavy atom. The molecule has 2 aromatic rings. The van der Waals surface area contributed by atoms with Crippen LogP contribution in [0.4, 0.5) is 4.39 Å². The lowest BCUT2D eigenvalue weighted by Crippen LogP contribution is -2.39. The molecule has 5 nitrogen and oxygen atoms in total. The highest BCUT2D eigenvalue weighted by Gasteiger charge is 2.42. The molecule has 0 bridgehead atoms. The predicted molar refractivity (Wildman–Crippen MR) is 74.5 cm³/mol. The Kier molecular flexibility index (Phi) is 3.25. The van der Waals surface area contributed by atoms with Crippen molar-refractivity contribution in [2.45, 2.75) is 24.9 Å². The first kappa shape index (κ1) is 13.8. The Balaban J connectivity index is 2.14. The van der Waals surface area contributed by atoms with Gasteiger partial charge in [0, 0.05) is 12.7 Å². The second-order valence-corrected chi connectivity index (χ2v) is 5.14. The zero-order valence-corrected chi connectivity index (χ0v) is 11.5. The number of rotatable bonds is 3. The number of halogens is 1. The monoisotopic (exact) mass is 290 g/mol. The number of aromatic amines is 1. The molecule has 1 heterocycles. The van der Waals surface area contributed by atoms with Crippen LogP contribution in [0.15, 0.2) is 29.1 Å². The molecule has 21 heavy (non-hydrogen) atoms. The van der Waals surface area contributed by atoms with Crippen molar-refractivity contribution in [3.63, 3.8) is 0 Å². The van der Waals surface area contributed by atoms with E-state index < -0.39 is 22.9 Å². The molecule has 0 radical (unpaired) electrons. The van der Waals surface area contributed by atoms with Crippen molar-refractivity contribution in [3.05, 3.63) is 46.3 Å². The van der Waals surface area contributed by atoms with Crippen molar-refractivity contribution in [1.29, 1.82) is 0 Å². The Morgan fingerprint density at radius 2 is 2.10 bits per heavy atom. The molecular formula is C15H15FN2O3. The van der Waals surface area contributed by atoms with Crippen LogP contribution < -0.4 is 5.56 Å². The minimum atomic E-state index is -0.648. The minimum Gasteiger partial charge on any atom is -0.493 e. The first-order valence-electron chi connectivity index (χ1n) is 6.71. The van der Waals surface area contributed by atoms with Crippen LogP contribution in [0.2, 0.25) is 0 Å². The zero-order chi connectivity index (χ0) is 15.0. The summed E-state index contributed by atoms with van der Waals surface area (Å²) in [6.45, 7) is 0. The summed E-state index contributed by atoms with van der Waals surface area (Å²) in [7, 11) is 1.54. The summed E-state index contributed by atoms with van der Waals surface area (Å²) in [6, 6.07) is 5.76.